The van der Waals surface area contributed by atoms with Crippen molar-refractivity contribution in [2.75, 3.05) is 25.5 Å². The highest BCUT2D eigenvalue weighted by atomic mass is 32.2. The summed E-state index contributed by atoms with van der Waals surface area (Å²) in [5, 5.41) is 5.33. The first-order valence-electron chi connectivity index (χ1n) is 9.52. The molecule has 0 unspecified atom stereocenters. The maximum absolute atomic E-state index is 12.5. The van der Waals surface area contributed by atoms with Crippen molar-refractivity contribution in [3.05, 3.63) is 59.7 Å². The minimum Gasteiger partial charge on any atom is -0.355 e. The summed E-state index contributed by atoms with van der Waals surface area (Å²) in [6.45, 7) is 4.45. The second kappa shape index (κ2) is 10.2. The van der Waals surface area contributed by atoms with Crippen LogP contribution in [0.1, 0.15) is 36.2 Å². The van der Waals surface area contributed by atoms with E-state index in [9.17, 15) is 18.0 Å². The van der Waals surface area contributed by atoms with E-state index in [0.717, 1.165) is 5.56 Å². The topological polar surface area (TPSA) is 95.6 Å². The van der Waals surface area contributed by atoms with Crippen LogP contribution in [0.25, 0.3) is 0 Å². The zero-order valence-corrected chi connectivity index (χ0v) is 17.8. The van der Waals surface area contributed by atoms with Crippen molar-refractivity contribution in [3.63, 3.8) is 0 Å². The molecule has 0 saturated heterocycles. The summed E-state index contributed by atoms with van der Waals surface area (Å²) < 4.78 is 26.4. The molecule has 0 aliphatic carbocycles. The Kier molecular flexibility index (Phi) is 7.92. The van der Waals surface area contributed by atoms with Gasteiger partial charge in [0.1, 0.15) is 0 Å². The second-order valence-electron chi connectivity index (χ2n) is 6.44. The molecule has 0 radical (unpaired) electrons. The lowest BCUT2D eigenvalue weighted by molar-refractivity contribution is -0.116. The number of rotatable bonds is 9. The van der Waals surface area contributed by atoms with Crippen LogP contribution in [-0.4, -0.2) is 44.7 Å². The number of hydrogen-bond donors (Lipinski definition) is 2. The average Bonchev–Trinajstić information content (AvgIpc) is 2.73. The number of carbonyl (C=O) groups excluding carboxylic acids is 2. The molecule has 2 N–H and O–H groups in total. The fraction of sp³-hybridized carbons (Fsp3) is 0.333. The largest absolute Gasteiger partial charge is 0.355 e. The molecule has 2 rings (SSSR count). The molecular formula is C21H27N3O4S. The Labute approximate surface area is 172 Å². The Morgan fingerprint density at radius 3 is 2.03 bits per heavy atom. The summed E-state index contributed by atoms with van der Waals surface area (Å²) >= 11 is 0. The monoisotopic (exact) mass is 417 g/mol. The van der Waals surface area contributed by atoms with Gasteiger partial charge < -0.3 is 10.6 Å². The molecule has 2 amide bonds. The van der Waals surface area contributed by atoms with Gasteiger partial charge in [-0.1, -0.05) is 26.0 Å². The maximum atomic E-state index is 12.5. The molecule has 0 spiro atoms. The lowest BCUT2D eigenvalue weighted by Gasteiger charge is -2.18. The molecule has 0 fully saturated rings. The van der Waals surface area contributed by atoms with E-state index in [1.807, 2.05) is 0 Å². The zero-order chi connectivity index (χ0) is 21.4. The quantitative estimate of drug-likeness (QED) is 0.656. The highest BCUT2D eigenvalue weighted by Gasteiger charge is 2.21. The summed E-state index contributed by atoms with van der Waals surface area (Å²) in [4.78, 5) is 23.9. The summed E-state index contributed by atoms with van der Waals surface area (Å²) in [6.07, 6.45) is 0.757. The molecule has 2 aromatic rings. The van der Waals surface area contributed by atoms with E-state index < -0.39 is 10.0 Å². The van der Waals surface area contributed by atoms with E-state index in [-0.39, 0.29) is 23.1 Å². The molecule has 0 aliphatic heterocycles. The molecule has 2 aromatic carbocycles. The predicted octanol–water partition coefficient (Wildman–Crippen LogP) is 2.65. The third-order valence-electron chi connectivity index (χ3n) is 4.57. The minimum atomic E-state index is -3.48. The molecule has 156 valence electrons. The SMILES string of the molecule is CCN(CC)S(=O)(=O)c1ccc(CCC(=O)Nc2ccc(C(=O)NC)cc2)cc1. The van der Waals surface area contributed by atoms with Gasteiger partial charge in [-0.25, -0.2) is 8.42 Å². The number of benzene rings is 2. The van der Waals surface area contributed by atoms with Crippen LogP contribution < -0.4 is 10.6 Å². The lowest BCUT2D eigenvalue weighted by atomic mass is 10.1. The molecular weight excluding hydrogens is 390 g/mol. The second-order valence-corrected chi connectivity index (χ2v) is 8.38. The Bertz CT molecular complexity index is 935. The molecule has 0 bridgehead atoms. The van der Waals surface area contributed by atoms with Gasteiger partial charge in [0.05, 0.1) is 4.90 Å². The van der Waals surface area contributed by atoms with Gasteiger partial charge in [-0.2, -0.15) is 4.31 Å². The van der Waals surface area contributed by atoms with Crippen molar-refractivity contribution in [1.29, 1.82) is 0 Å². The number of sulfonamides is 1. The van der Waals surface area contributed by atoms with E-state index in [1.54, 1.807) is 69.4 Å². The first-order valence-corrected chi connectivity index (χ1v) is 11.0. The van der Waals surface area contributed by atoms with Crippen LogP contribution in [0.3, 0.4) is 0 Å². The normalized spacial score (nSPS) is 11.3. The van der Waals surface area contributed by atoms with Gasteiger partial charge in [0.25, 0.3) is 5.91 Å². The summed E-state index contributed by atoms with van der Waals surface area (Å²) in [6, 6.07) is 13.3. The van der Waals surface area contributed by atoms with Crippen molar-refractivity contribution in [2.24, 2.45) is 0 Å². The van der Waals surface area contributed by atoms with Crippen LogP contribution in [0.4, 0.5) is 5.69 Å². The van der Waals surface area contributed by atoms with E-state index in [4.69, 9.17) is 0 Å². The van der Waals surface area contributed by atoms with Gasteiger partial charge in [0.2, 0.25) is 15.9 Å². The molecule has 0 atom stereocenters. The number of aryl methyl sites for hydroxylation is 1. The van der Waals surface area contributed by atoms with Crippen molar-refractivity contribution < 1.29 is 18.0 Å². The fourth-order valence-electron chi connectivity index (χ4n) is 2.87. The average molecular weight is 418 g/mol. The Balaban J connectivity index is 1.93. The van der Waals surface area contributed by atoms with Crippen LogP contribution in [0.2, 0.25) is 0 Å². The van der Waals surface area contributed by atoms with E-state index in [0.29, 0.717) is 30.8 Å². The van der Waals surface area contributed by atoms with Crippen molar-refractivity contribution in [3.8, 4) is 0 Å². The third-order valence-corrected chi connectivity index (χ3v) is 6.63. The van der Waals surface area contributed by atoms with Crippen LogP contribution in [0, 0.1) is 0 Å². The maximum Gasteiger partial charge on any atom is 0.251 e. The Morgan fingerprint density at radius 2 is 1.52 bits per heavy atom. The number of hydrogen-bond acceptors (Lipinski definition) is 4. The number of nitrogens with zero attached hydrogens (tertiary/aromatic N) is 1. The van der Waals surface area contributed by atoms with Gasteiger partial charge in [-0.05, 0) is 48.4 Å². The minimum absolute atomic E-state index is 0.155. The number of carbonyl (C=O) groups is 2. The molecule has 0 aromatic heterocycles. The summed E-state index contributed by atoms with van der Waals surface area (Å²) in [7, 11) is -1.92. The predicted molar refractivity (Wildman–Crippen MR) is 113 cm³/mol. The van der Waals surface area contributed by atoms with Gasteiger partial charge >= 0.3 is 0 Å². The molecule has 0 heterocycles. The number of anilines is 1. The van der Waals surface area contributed by atoms with E-state index >= 15 is 0 Å². The molecule has 8 heteroatoms. The van der Waals surface area contributed by atoms with Crippen LogP contribution in [0.5, 0.6) is 0 Å². The standard InChI is InChI=1S/C21H27N3O4S/c1-4-24(5-2)29(27,28)19-13-6-16(7-14-19)8-15-20(25)23-18-11-9-17(10-12-18)21(26)22-3/h6-7,9-14H,4-5,8,15H2,1-3H3,(H,22,26)(H,23,25). The van der Waals surface area contributed by atoms with Crippen molar-refractivity contribution >= 4 is 27.5 Å². The smallest absolute Gasteiger partial charge is 0.251 e. The van der Waals surface area contributed by atoms with Crippen LogP contribution in [-0.2, 0) is 21.2 Å². The van der Waals surface area contributed by atoms with Crippen LogP contribution >= 0.6 is 0 Å². The third kappa shape index (κ3) is 5.88. The number of nitrogens with one attached hydrogen (secondary N) is 2. The summed E-state index contributed by atoms with van der Waals surface area (Å²) in [5.74, 6) is -0.341. The van der Waals surface area contributed by atoms with E-state index in [2.05, 4.69) is 10.6 Å². The van der Waals surface area contributed by atoms with E-state index in [1.165, 1.54) is 4.31 Å². The first-order chi connectivity index (χ1) is 13.8. The van der Waals surface area contributed by atoms with Gasteiger partial charge in [0.15, 0.2) is 0 Å². The fourth-order valence-corrected chi connectivity index (χ4v) is 4.33. The van der Waals surface area contributed by atoms with Gasteiger partial charge in [-0.15, -0.1) is 0 Å². The van der Waals surface area contributed by atoms with Crippen molar-refractivity contribution in [2.45, 2.75) is 31.6 Å². The first kappa shape index (κ1) is 22.6. The Morgan fingerprint density at radius 1 is 0.931 bits per heavy atom. The molecule has 0 saturated carbocycles. The lowest BCUT2D eigenvalue weighted by Crippen LogP contribution is -2.30. The Hall–Kier alpha value is -2.71. The highest BCUT2D eigenvalue weighted by molar-refractivity contribution is 7.89. The zero-order valence-electron chi connectivity index (χ0n) is 16.9. The van der Waals surface area contributed by atoms with Crippen LogP contribution in [0.15, 0.2) is 53.4 Å². The van der Waals surface area contributed by atoms with Crippen molar-refractivity contribution in [1.82, 2.24) is 9.62 Å². The molecule has 29 heavy (non-hydrogen) atoms. The van der Waals surface area contributed by atoms with Gasteiger partial charge in [0, 0.05) is 37.8 Å². The number of amides is 2. The summed E-state index contributed by atoms with van der Waals surface area (Å²) in [5.41, 5.74) is 2.02. The highest BCUT2D eigenvalue weighted by Crippen LogP contribution is 2.17. The van der Waals surface area contributed by atoms with Gasteiger partial charge in [-0.3, -0.25) is 9.59 Å². The molecule has 7 nitrogen and oxygen atoms in total. The molecule has 0 aliphatic rings.